The van der Waals surface area contributed by atoms with E-state index in [9.17, 15) is 9.59 Å². The maximum atomic E-state index is 13.7. The number of methoxy groups -OCH3 is 3. The van der Waals surface area contributed by atoms with Crippen molar-refractivity contribution in [2.75, 3.05) is 26.2 Å². The fourth-order valence-electron chi connectivity index (χ4n) is 4.19. The number of ether oxygens (including phenoxy) is 3. The van der Waals surface area contributed by atoms with Gasteiger partial charge in [0.1, 0.15) is 5.58 Å². The smallest absolute Gasteiger partial charge is 0.297 e. The normalized spacial score (nSPS) is 15.1. The maximum absolute atomic E-state index is 13.7. The molecule has 1 atom stereocenters. The molecule has 0 unspecified atom stereocenters. The zero-order valence-corrected chi connectivity index (χ0v) is 19.2. The van der Waals surface area contributed by atoms with Gasteiger partial charge in [-0.25, -0.2) is 4.98 Å². The molecule has 0 spiro atoms. The number of carbonyl (C=O) groups excluding carboxylic acids is 1. The highest BCUT2D eigenvalue weighted by molar-refractivity contribution is 7.13. The van der Waals surface area contributed by atoms with E-state index in [0.717, 1.165) is 5.56 Å². The van der Waals surface area contributed by atoms with Gasteiger partial charge in [-0.1, -0.05) is 11.6 Å². The number of hydrogen-bond acceptors (Lipinski definition) is 8. The second-order valence-corrected chi connectivity index (χ2v) is 8.40. The molecule has 1 aliphatic rings. The topological polar surface area (TPSA) is 91.1 Å². The molecule has 4 aromatic rings. The predicted octanol–water partition coefficient (Wildman–Crippen LogP) is 4.33. The second kappa shape index (κ2) is 7.93. The lowest BCUT2D eigenvalue weighted by Crippen LogP contribution is -2.29. The van der Waals surface area contributed by atoms with Crippen LogP contribution in [0.3, 0.4) is 0 Å². The summed E-state index contributed by atoms with van der Waals surface area (Å²) < 4.78 is 22.5. The van der Waals surface area contributed by atoms with Gasteiger partial charge >= 0.3 is 0 Å². The number of benzene rings is 2. The zero-order valence-electron chi connectivity index (χ0n) is 18.4. The third-order valence-electron chi connectivity index (χ3n) is 5.65. The van der Waals surface area contributed by atoms with E-state index >= 15 is 0 Å². The van der Waals surface area contributed by atoms with Crippen molar-refractivity contribution in [2.45, 2.75) is 13.0 Å². The predicted molar refractivity (Wildman–Crippen MR) is 124 cm³/mol. The van der Waals surface area contributed by atoms with Crippen molar-refractivity contribution in [3.05, 3.63) is 74.6 Å². The summed E-state index contributed by atoms with van der Waals surface area (Å²) in [5, 5.41) is 2.64. The molecule has 0 aliphatic carbocycles. The van der Waals surface area contributed by atoms with Crippen molar-refractivity contribution >= 4 is 33.3 Å². The lowest BCUT2D eigenvalue weighted by Gasteiger charge is -2.24. The summed E-state index contributed by atoms with van der Waals surface area (Å²) in [6, 6.07) is 7.99. The average Bonchev–Trinajstić information content (AvgIpc) is 3.45. The average molecular weight is 464 g/mol. The fraction of sp³-hybridized carbons (Fsp3) is 0.208. The van der Waals surface area contributed by atoms with Crippen LogP contribution in [0.25, 0.3) is 11.0 Å². The minimum absolute atomic E-state index is 0.00491. The second-order valence-electron chi connectivity index (χ2n) is 7.52. The van der Waals surface area contributed by atoms with Crippen LogP contribution in [0.4, 0.5) is 5.13 Å². The van der Waals surface area contributed by atoms with Gasteiger partial charge in [-0.15, -0.1) is 11.3 Å². The van der Waals surface area contributed by atoms with E-state index in [1.165, 1.54) is 37.6 Å². The summed E-state index contributed by atoms with van der Waals surface area (Å²) in [6.45, 7) is 1.90. The summed E-state index contributed by atoms with van der Waals surface area (Å²) in [4.78, 5) is 33.1. The molecule has 0 N–H and O–H groups in total. The van der Waals surface area contributed by atoms with Crippen LogP contribution in [0.5, 0.6) is 17.2 Å². The van der Waals surface area contributed by atoms with Gasteiger partial charge in [0.25, 0.3) is 5.91 Å². The zero-order chi connectivity index (χ0) is 23.3. The van der Waals surface area contributed by atoms with E-state index in [4.69, 9.17) is 18.6 Å². The summed E-state index contributed by atoms with van der Waals surface area (Å²) in [5.41, 5.74) is 1.87. The Balaban J connectivity index is 1.84. The van der Waals surface area contributed by atoms with Gasteiger partial charge in [0, 0.05) is 11.6 Å². The van der Waals surface area contributed by atoms with Gasteiger partial charge in [-0.3, -0.25) is 14.5 Å². The Hall–Kier alpha value is -3.85. The number of anilines is 1. The van der Waals surface area contributed by atoms with Crippen LogP contribution >= 0.6 is 11.3 Å². The van der Waals surface area contributed by atoms with Crippen molar-refractivity contribution in [3.63, 3.8) is 0 Å². The van der Waals surface area contributed by atoms with Crippen LogP contribution in [0.15, 0.2) is 51.1 Å². The maximum Gasteiger partial charge on any atom is 0.297 e. The lowest BCUT2D eigenvalue weighted by atomic mass is 9.97. The summed E-state index contributed by atoms with van der Waals surface area (Å²) in [6.07, 6.45) is 1.61. The van der Waals surface area contributed by atoms with E-state index in [1.54, 1.807) is 35.8 Å². The van der Waals surface area contributed by atoms with Crippen molar-refractivity contribution in [1.29, 1.82) is 0 Å². The summed E-state index contributed by atoms with van der Waals surface area (Å²) in [5.74, 6) is 0.805. The molecule has 0 saturated carbocycles. The van der Waals surface area contributed by atoms with E-state index in [2.05, 4.69) is 4.98 Å². The van der Waals surface area contributed by atoms with E-state index in [0.29, 0.717) is 38.9 Å². The Kier molecular flexibility index (Phi) is 5.05. The third-order valence-corrected chi connectivity index (χ3v) is 6.42. The first-order valence-corrected chi connectivity index (χ1v) is 11.0. The first-order valence-electron chi connectivity index (χ1n) is 10.1. The number of carbonyl (C=O) groups is 1. The highest BCUT2D eigenvalue weighted by atomic mass is 32.1. The van der Waals surface area contributed by atoms with Crippen LogP contribution < -0.4 is 24.5 Å². The number of aryl methyl sites for hydroxylation is 1. The van der Waals surface area contributed by atoms with Gasteiger partial charge < -0.3 is 18.6 Å². The molecule has 168 valence electrons. The molecule has 9 heteroatoms. The number of thiazole rings is 1. The van der Waals surface area contributed by atoms with Crippen molar-refractivity contribution in [2.24, 2.45) is 0 Å². The molecular formula is C24H20N2O6S. The molecule has 33 heavy (non-hydrogen) atoms. The SMILES string of the molecule is COc1cc([C@@H]2c3c(oc4ccc(C)cc4c3=O)C(=O)N2c2nccs2)cc(OC)c1OC. The summed E-state index contributed by atoms with van der Waals surface area (Å²) in [7, 11) is 4.54. The molecule has 0 fully saturated rings. The summed E-state index contributed by atoms with van der Waals surface area (Å²) >= 11 is 1.30. The van der Waals surface area contributed by atoms with Gasteiger partial charge in [-0.2, -0.15) is 0 Å². The number of rotatable bonds is 5. The quantitative estimate of drug-likeness (QED) is 0.434. The molecule has 0 bridgehead atoms. The molecule has 1 aliphatic heterocycles. The van der Waals surface area contributed by atoms with Crippen molar-refractivity contribution in [1.82, 2.24) is 4.98 Å². The number of hydrogen-bond donors (Lipinski definition) is 0. The minimum atomic E-state index is -0.784. The Morgan fingerprint density at radius 1 is 1.03 bits per heavy atom. The molecule has 2 aromatic carbocycles. The number of aromatic nitrogens is 1. The van der Waals surface area contributed by atoms with Crippen LogP contribution in [-0.2, 0) is 0 Å². The highest BCUT2D eigenvalue weighted by Crippen LogP contribution is 2.46. The van der Waals surface area contributed by atoms with Crippen LogP contribution in [0, 0.1) is 6.92 Å². The molecule has 0 radical (unpaired) electrons. The molecule has 8 nitrogen and oxygen atoms in total. The van der Waals surface area contributed by atoms with Crippen LogP contribution in [0.1, 0.15) is 33.3 Å². The van der Waals surface area contributed by atoms with Crippen LogP contribution in [-0.4, -0.2) is 32.2 Å². The molecule has 1 amide bonds. The number of fused-ring (bicyclic) bond motifs is 2. The van der Waals surface area contributed by atoms with Crippen molar-refractivity contribution in [3.8, 4) is 17.2 Å². The monoisotopic (exact) mass is 464 g/mol. The molecule has 5 rings (SSSR count). The Bertz CT molecular complexity index is 1420. The third kappa shape index (κ3) is 3.15. The first kappa shape index (κ1) is 21.0. The molecule has 0 saturated heterocycles. The first-order chi connectivity index (χ1) is 16.0. The molecule has 3 heterocycles. The molecule has 2 aromatic heterocycles. The molecular weight excluding hydrogens is 444 g/mol. The lowest BCUT2D eigenvalue weighted by molar-refractivity contribution is 0.0971. The standard InChI is InChI=1S/C24H20N2O6S/c1-12-5-6-15-14(9-12)20(27)18-19(13-10-16(29-2)21(31-4)17(11-13)30-3)26(23(28)22(18)32-15)24-25-7-8-33-24/h5-11,19H,1-4H3/t19-/m1/s1. The Morgan fingerprint density at radius 2 is 1.76 bits per heavy atom. The van der Waals surface area contributed by atoms with Gasteiger partial charge in [0.15, 0.2) is 22.1 Å². The van der Waals surface area contributed by atoms with Crippen LogP contribution in [0.2, 0.25) is 0 Å². The Labute approximate surface area is 192 Å². The fourth-order valence-corrected chi connectivity index (χ4v) is 4.86. The largest absolute Gasteiger partial charge is 0.493 e. The Morgan fingerprint density at radius 3 is 2.36 bits per heavy atom. The van der Waals surface area contributed by atoms with Gasteiger partial charge in [0.2, 0.25) is 11.5 Å². The minimum Gasteiger partial charge on any atom is -0.493 e. The number of nitrogens with zero attached hydrogens (tertiary/aromatic N) is 2. The number of amides is 1. The van der Waals surface area contributed by atoms with Gasteiger partial charge in [-0.05, 0) is 36.8 Å². The van der Waals surface area contributed by atoms with Crippen molar-refractivity contribution < 1.29 is 23.4 Å². The van der Waals surface area contributed by atoms with E-state index in [-0.39, 0.29) is 16.8 Å². The van der Waals surface area contributed by atoms with E-state index < -0.39 is 11.9 Å². The van der Waals surface area contributed by atoms with Gasteiger partial charge in [0.05, 0.1) is 38.3 Å². The van der Waals surface area contributed by atoms with E-state index in [1.807, 2.05) is 13.0 Å². The highest BCUT2D eigenvalue weighted by Gasteiger charge is 2.45.